The average Bonchev–Trinajstić information content (AvgIpc) is 3.37. The maximum Gasteiger partial charge on any atom is 0.260 e. The summed E-state index contributed by atoms with van der Waals surface area (Å²) in [6.07, 6.45) is 0. The van der Waals surface area contributed by atoms with E-state index >= 15 is 0 Å². The van der Waals surface area contributed by atoms with Crippen LogP contribution in [0.4, 0.5) is 5.13 Å². The third-order valence-electron chi connectivity index (χ3n) is 4.91. The highest BCUT2D eigenvalue weighted by atomic mass is 35.5. The SMILES string of the molecule is CN(C)CCN(C(=O)c1ccc2c(c1)OCCO2)c1nc2cc3c(cc2s1)OCO3.Cl. The number of fused-ring (bicyclic) bond motifs is 3. The van der Waals surface area contributed by atoms with E-state index in [-0.39, 0.29) is 25.1 Å². The monoisotopic (exact) mass is 463 g/mol. The lowest BCUT2D eigenvalue weighted by Gasteiger charge is -2.23. The van der Waals surface area contributed by atoms with Crippen LogP contribution >= 0.6 is 23.7 Å². The van der Waals surface area contributed by atoms with E-state index in [2.05, 4.69) is 0 Å². The van der Waals surface area contributed by atoms with E-state index in [0.29, 0.717) is 60.0 Å². The van der Waals surface area contributed by atoms with Crippen molar-refractivity contribution in [2.45, 2.75) is 0 Å². The third-order valence-corrected chi connectivity index (χ3v) is 5.95. The van der Waals surface area contributed by atoms with Gasteiger partial charge in [-0.15, -0.1) is 12.4 Å². The maximum atomic E-state index is 13.4. The Balaban J connectivity index is 0.00000231. The van der Waals surface area contributed by atoms with Crippen LogP contribution in [-0.2, 0) is 0 Å². The van der Waals surface area contributed by atoms with E-state index in [1.807, 2.05) is 31.1 Å². The van der Waals surface area contributed by atoms with Crippen molar-refractivity contribution < 1.29 is 23.7 Å². The first-order chi connectivity index (χ1) is 14.6. The smallest absolute Gasteiger partial charge is 0.260 e. The first-order valence-corrected chi connectivity index (χ1v) is 10.5. The fraction of sp³-hybridized carbons (Fsp3) is 0.333. The molecule has 31 heavy (non-hydrogen) atoms. The quantitative estimate of drug-likeness (QED) is 0.574. The van der Waals surface area contributed by atoms with Crippen LogP contribution in [0.25, 0.3) is 10.2 Å². The fourth-order valence-electron chi connectivity index (χ4n) is 3.34. The molecule has 2 aromatic carbocycles. The number of hydrogen-bond acceptors (Lipinski definition) is 8. The summed E-state index contributed by atoms with van der Waals surface area (Å²) in [5.41, 5.74) is 1.32. The van der Waals surface area contributed by atoms with Gasteiger partial charge in [0.15, 0.2) is 28.1 Å². The van der Waals surface area contributed by atoms with Crippen molar-refractivity contribution in [2.75, 3.05) is 52.1 Å². The maximum absolute atomic E-state index is 13.4. The number of carbonyl (C=O) groups is 1. The van der Waals surface area contributed by atoms with Crippen LogP contribution in [0.1, 0.15) is 10.4 Å². The molecule has 0 N–H and O–H groups in total. The van der Waals surface area contributed by atoms with E-state index < -0.39 is 0 Å². The molecule has 10 heteroatoms. The molecule has 3 heterocycles. The minimum Gasteiger partial charge on any atom is -0.486 e. The third kappa shape index (κ3) is 4.21. The molecule has 8 nitrogen and oxygen atoms in total. The first-order valence-electron chi connectivity index (χ1n) is 9.65. The molecule has 0 bridgehead atoms. The number of benzene rings is 2. The van der Waals surface area contributed by atoms with Gasteiger partial charge in [-0.25, -0.2) is 4.98 Å². The first kappa shape index (κ1) is 21.5. The summed E-state index contributed by atoms with van der Waals surface area (Å²) in [5, 5.41) is 0.635. The molecule has 3 aromatic rings. The molecule has 0 atom stereocenters. The van der Waals surface area contributed by atoms with Gasteiger partial charge in [0.05, 0.1) is 10.2 Å². The summed E-state index contributed by atoms with van der Waals surface area (Å²) < 4.78 is 23.1. The van der Waals surface area contributed by atoms with Crippen molar-refractivity contribution in [3.05, 3.63) is 35.9 Å². The number of halogens is 1. The van der Waals surface area contributed by atoms with E-state index in [1.54, 1.807) is 23.1 Å². The standard InChI is InChI=1S/C21H21N3O5S.ClH/c1-23(2)5-6-24(20(25)13-3-4-15-16(9-13)27-8-7-26-15)21-22-14-10-17-18(29-12-28-17)11-19(14)30-21;/h3-4,9-11H,5-8,12H2,1-2H3;1H. The van der Waals surface area contributed by atoms with Gasteiger partial charge in [0.2, 0.25) is 6.79 Å². The van der Waals surface area contributed by atoms with Gasteiger partial charge < -0.3 is 23.8 Å². The summed E-state index contributed by atoms with van der Waals surface area (Å²) in [6, 6.07) is 9.06. The van der Waals surface area contributed by atoms with Gasteiger partial charge >= 0.3 is 0 Å². The molecule has 0 fully saturated rings. The van der Waals surface area contributed by atoms with Crippen molar-refractivity contribution in [3.63, 3.8) is 0 Å². The van der Waals surface area contributed by atoms with Gasteiger partial charge in [0.1, 0.15) is 13.2 Å². The number of carbonyl (C=O) groups excluding carboxylic acids is 1. The lowest BCUT2D eigenvalue weighted by Crippen LogP contribution is -2.36. The zero-order chi connectivity index (χ0) is 20.7. The summed E-state index contributed by atoms with van der Waals surface area (Å²) in [5.74, 6) is 2.50. The molecule has 2 aliphatic heterocycles. The largest absolute Gasteiger partial charge is 0.486 e. The normalized spacial score (nSPS) is 13.9. The Bertz CT molecular complexity index is 1080. The summed E-state index contributed by atoms with van der Waals surface area (Å²) in [4.78, 5) is 21.9. The molecule has 0 saturated carbocycles. The molecule has 0 radical (unpaired) electrons. The Labute approximate surface area is 189 Å². The van der Waals surface area contributed by atoms with Crippen molar-refractivity contribution in [2.24, 2.45) is 0 Å². The molecular formula is C21H22ClN3O5S. The van der Waals surface area contributed by atoms with Gasteiger partial charge in [-0.3, -0.25) is 9.69 Å². The lowest BCUT2D eigenvalue weighted by atomic mass is 10.1. The zero-order valence-corrected chi connectivity index (χ0v) is 18.8. The van der Waals surface area contributed by atoms with Gasteiger partial charge in [0, 0.05) is 30.8 Å². The molecule has 0 unspecified atom stereocenters. The number of thiazole rings is 1. The molecule has 1 aromatic heterocycles. The van der Waals surface area contributed by atoms with Crippen molar-refractivity contribution in [1.29, 1.82) is 0 Å². The lowest BCUT2D eigenvalue weighted by molar-refractivity contribution is 0.0984. The number of ether oxygens (including phenoxy) is 4. The molecule has 0 saturated heterocycles. The van der Waals surface area contributed by atoms with Crippen molar-refractivity contribution in [3.8, 4) is 23.0 Å². The topological polar surface area (TPSA) is 73.4 Å². The van der Waals surface area contributed by atoms with E-state index in [0.717, 1.165) is 10.2 Å². The summed E-state index contributed by atoms with van der Waals surface area (Å²) >= 11 is 1.46. The Kier molecular flexibility index (Phi) is 6.08. The number of rotatable bonds is 5. The Morgan fingerprint density at radius 1 is 0.968 bits per heavy atom. The molecule has 2 aliphatic rings. The van der Waals surface area contributed by atoms with Crippen LogP contribution in [0.15, 0.2) is 30.3 Å². The van der Waals surface area contributed by atoms with E-state index in [4.69, 9.17) is 23.9 Å². The molecule has 0 aliphatic carbocycles. The van der Waals surface area contributed by atoms with Crippen molar-refractivity contribution in [1.82, 2.24) is 9.88 Å². The molecule has 164 valence electrons. The second-order valence-electron chi connectivity index (χ2n) is 7.29. The Hall–Kier alpha value is -2.75. The predicted molar refractivity (Wildman–Crippen MR) is 121 cm³/mol. The number of anilines is 1. The highest BCUT2D eigenvalue weighted by molar-refractivity contribution is 7.22. The number of likely N-dealkylation sites (N-methyl/N-ethyl adjacent to an activating group) is 1. The minimum absolute atomic E-state index is 0. The second kappa shape index (κ2) is 8.78. The zero-order valence-electron chi connectivity index (χ0n) is 17.1. The Morgan fingerprint density at radius 3 is 2.45 bits per heavy atom. The van der Waals surface area contributed by atoms with Crippen molar-refractivity contribution >= 4 is 45.0 Å². The molecule has 0 spiro atoms. The average molecular weight is 464 g/mol. The number of nitrogens with zero attached hydrogens (tertiary/aromatic N) is 3. The van der Waals surface area contributed by atoms with Crippen LogP contribution in [0.3, 0.4) is 0 Å². The van der Waals surface area contributed by atoms with Crippen LogP contribution in [-0.4, -0.2) is 63.0 Å². The second-order valence-corrected chi connectivity index (χ2v) is 8.30. The Morgan fingerprint density at radius 2 is 1.68 bits per heavy atom. The number of aromatic nitrogens is 1. The summed E-state index contributed by atoms with van der Waals surface area (Å²) in [6.45, 7) is 2.42. The van der Waals surface area contributed by atoms with Crippen LogP contribution in [0, 0.1) is 0 Å². The molecule has 5 rings (SSSR count). The van der Waals surface area contributed by atoms with E-state index in [1.165, 1.54) is 11.3 Å². The minimum atomic E-state index is -0.132. The van der Waals surface area contributed by atoms with Crippen LogP contribution < -0.4 is 23.8 Å². The van der Waals surface area contributed by atoms with Crippen LogP contribution in [0.5, 0.6) is 23.0 Å². The van der Waals surface area contributed by atoms with Gasteiger partial charge in [-0.1, -0.05) is 11.3 Å². The van der Waals surface area contributed by atoms with Gasteiger partial charge in [-0.05, 0) is 32.3 Å². The summed E-state index contributed by atoms with van der Waals surface area (Å²) in [7, 11) is 3.95. The van der Waals surface area contributed by atoms with Crippen LogP contribution in [0.2, 0.25) is 0 Å². The van der Waals surface area contributed by atoms with E-state index in [9.17, 15) is 4.79 Å². The van der Waals surface area contributed by atoms with Gasteiger partial charge in [-0.2, -0.15) is 0 Å². The fourth-order valence-corrected chi connectivity index (χ4v) is 4.34. The highest BCUT2D eigenvalue weighted by Gasteiger charge is 2.25. The predicted octanol–water partition coefficient (Wildman–Crippen LogP) is 3.43. The van der Waals surface area contributed by atoms with Gasteiger partial charge in [0.25, 0.3) is 5.91 Å². The number of amides is 1. The number of hydrogen-bond donors (Lipinski definition) is 0. The molecular weight excluding hydrogens is 442 g/mol. The highest BCUT2D eigenvalue weighted by Crippen LogP contribution is 2.40. The molecule has 1 amide bonds.